The van der Waals surface area contributed by atoms with Crippen LogP contribution in [0.15, 0.2) is 42.7 Å². The largest absolute Gasteiger partial charge is 0.493 e. The molecule has 8 heteroatoms. The van der Waals surface area contributed by atoms with Gasteiger partial charge in [0.2, 0.25) is 0 Å². The Morgan fingerprint density at radius 2 is 1.70 bits per heavy atom. The standard InChI is InChI=1S/C25H31N5O3/c1-15(2)17-7-9-18(10-8-17)29-25(31)30(4)16(3)11-20(26)24-19-12-22(32-5)23(33-6)13-21(19)27-14-28-24/h7-10,12-16,26H,11H2,1-6H3,(H,29,31). The first-order valence-electron chi connectivity index (χ1n) is 10.8. The number of urea groups is 1. The molecule has 0 aliphatic heterocycles. The summed E-state index contributed by atoms with van der Waals surface area (Å²) in [5.41, 5.74) is 3.43. The summed E-state index contributed by atoms with van der Waals surface area (Å²) in [7, 11) is 4.85. The van der Waals surface area contributed by atoms with Crippen molar-refractivity contribution in [3.63, 3.8) is 0 Å². The van der Waals surface area contributed by atoms with Crippen molar-refractivity contribution in [2.45, 2.75) is 39.2 Å². The summed E-state index contributed by atoms with van der Waals surface area (Å²) in [6.07, 6.45) is 1.76. The minimum absolute atomic E-state index is 0.224. The molecule has 174 valence electrons. The van der Waals surface area contributed by atoms with Crippen molar-refractivity contribution in [1.82, 2.24) is 14.9 Å². The van der Waals surface area contributed by atoms with E-state index in [0.717, 1.165) is 5.69 Å². The molecular weight excluding hydrogens is 418 g/mol. The van der Waals surface area contributed by atoms with Gasteiger partial charge in [0.05, 0.1) is 31.1 Å². The van der Waals surface area contributed by atoms with Gasteiger partial charge < -0.3 is 25.1 Å². The molecule has 1 atom stereocenters. The summed E-state index contributed by atoms with van der Waals surface area (Å²) in [4.78, 5) is 23.0. The van der Waals surface area contributed by atoms with Crippen molar-refractivity contribution in [3.8, 4) is 11.5 Å². The molecule has 1 unspecified atom stereocenters. The van der Waals surface area contributed by atoms with Crippen molar-refractivity contribution in [2.75, 3.05) is 26.6 Å². The molecule has 0 radical (unpaired) electrons. The first-order valence-corrected chi connectivity index (χ1v) is 10.8. The number of aromatic nitrogens is 2. The number of fused-ring (bicyclic) bond motifs is 1. The molecule has 0 saturated carbocycles. The van der Waals surface area contributed by atoms with Gasteiger partial charge in [-0.2, -0.15) is 0 Å². The molecule has 2 N–H and O–H groups in total. The van der Waals surface area contributed by atoms with Gasteiger partial charge in [0, 0.05) is 36.7 Å². The van der Waals surface area contributed by atoms with E-state index >= 15 is 0 Å². The number of nitrogens with one attached hydrogen (secondary N) is 2. The second-order valence-corrected chi connectivity index (χ2v) is 8.30. The number of ether oxygens (including phenoxy) is 2. The number of anilines is 1. The fourth-order valence-electron chi connectivity index (χ4n) is 3.52. The molecule has 3 rings (SSSR count). The van der Waals surface area contributed by atoms with Crippen molar-refractivity contribution < 1.29 is 14.3 Å². The van der Waals surface area contributed by atoms with Gasteiger partial charge in [-0.15, -0.1) is 0 Å². The lowest BCUT2D eigenvalue weighted by atomic mass is 10.0. The Hall–Kier alpha value is -3.68. The van der Waals surface area contributed by atoms with Gasteiger partial charge in [0.25, 0.3) is 0 Å². The second-order valence-electron chi connectivity index (χ2n) is 8.30. The molecule has 2 amide bonds. The van der Waals surface area contributed by atoms with Crippen molar-refractivity contribution in [1.29, 1.82) is 5.41 Å². The van der Waals surface area contributed by atoms with Crippen LogP contribution in [0, 0.1) is 5.41 Å². The van der Waals surface area contributed by atoms with Crippen LogP contribution in [0.5, 0.6) is 11.5 Å². The number of rotatable bonds is 8. The molecule has 1 heterocycles. The highest BCUT2D eigenvalue weighted by Gasteiger charge is 2.20. The minimum Gasteiger partial charge on any atom is -0.493 e. The fraction of sp³-hybridized carbons (Fsp3) is 0.360. The minimum atomic E-state index is -0.230. The second kappa shape index (κ2) is 10.3. The molecule has 0 fully saturated rings. The first kappa shape index (κ1) is 24.0. The lowest BCUT2D eigenvalue weighted by Gasteiger charge is -2.25. The van der Waals surface area contributed by atoms with Gasteiger partial charge in [-0.3, -0.25) is 0 Å². The zero-order valence-electron chi connectivity index (χ0n) is 20.0. The summed E-state index contributed by atoms with van der Waals surface area (Å²) in [5, 5.41) is 12.3. The van der Waals surface area contributed by atoms with E-state index in [-0.39, 0.29) is 12.1 Å². The van der Waals surface area contributed by atoms with E-state index in [1.807, 2.05) is 31.2 Å². The zero-order chi connectivity index (χ0) is 24.1. The number of hydrogen-bond donors (Lipinski definition) is 2. The molecule has 0 bridgehead atoms. The smallest absolute Gasteiger partial charge is 0.321 e. The third-order valence-corrected chi connectivity index (χ3v) is 5.74. The van der Waals surface area contributed by atoms with Crippen LogP contribution in [-0.4, -0.2) is 53.9 Å². The summed E-state index contributed by atoms with van der Waals surface area (Å²) < 4.78 is 10.7. The van der Waals surface area contributed by atoms with Crippen molar-refractivity contribution in [2.24, 2.45) is 0 Å². The highest BCUT2D eigenvalue weighted by Crippen LogP contribution is 2.32. The van der Waals surface area contributed by atoms with E-state index in [9.17, 15) is 4.79 Å². The molecule has 33 heavy (non-hydrogen) atoms. The average molecular weight is 450 g/mol. The lowest BCUT2D eigenvalue weighted by Crippen LogP contribution is -2.39. The highest BCUT2D eigenvalue weighted by molar-refractivity contribution is 6.07. The average Bonchev–Trinajstić information content (AvgIpc) is 2.82. The summed E-state index contributed by atoms with van der Waals surface area (Å²) in [5.74, 6) is 1.54. The van der Waals surface area contributed by atoms with E-state index < -0.39 is 0 Å². The van der Waals surface area contributed by atoms with Crippen molar-refractivity contribution in [3.05, 3.63) is 54.0 Å². The van der Waals surface area contributed by atoms with Crippen molar-refractivity contribution >= 4 is 28.3 Å². The molecule has 2 aromatic carbocycles. The molecule has 1 aromatic heterocycles. The van der Waals surface area contributed by atoms with Crippen LogP contribution < -0.4 is 14.8 Å². The molecule has 0 aliphatic carbocycles. The maximum Gasteiger partial charge on any atom is 0.321 e. The number of benzene rings is 2. The number of carbonyl (C=O) groups is 1. The van der Waals surface area contributed by atoms with E-state index in [0.29, 0.717) is 46.1 Å². The normalized spacial score (nSPS) is 11.8. The van der Waals surface area contributed by atoms with E-state index in [1.165, 1.54) is 11.9 Å². The molecule has 0 spiro atoms. The third kappa shape index (κ3) is 5.39. The topological polar surface area (TPSA) is 100 Å². The molecular formula is C25H31N5O3. The number of carbonyl (C=O) groups excluding carboxylic acids is 1. The number of hydrogen-bond acceptors (Lipinski definition) is 6. The van der Waals surface area contributed by atoms with Crippen LogP contribution in [0.25, 0.3) is 10.9 Å². The lowest BCUT2D eigenvalue weighted by molar-refractivity contribution is 0.209. The molecule has 0 saturated heterocycles. The zero-order valence-corrected chi connectivity index (χ0v) is 20.0. The van der Waals surface area contributed by atoms with E-state index in [1.54, 1.807) is 38.3 Å². The van der Waals surface area contributed by atoms with Crippen LogP contribution in [0.1, 0.15) is 44.4 Å². The maximum atomic E-state index is 12.7. The Balaban J connectivity index is 1.72. The van der Waals surface area contributed by atoms with Crippen LogP contribution >= 0.6 is 0 Å². The Kier molecular flexibility index (Phi) is 7.48. The molecule has 8 nitrogen and oxygen atoms in total. The van der Waals surface area contributed by atoms with Gasteiger partial charge in [-0.1, -0.05) is 26.0 Å². The Morgan fingerprint density at radius 3 is 2.30 bits per heavy atom. The van der Waals surface area contributed by atoms with E-state index in [2.05, 4.69) is 29.1 Å². The van der Waals surface area contributed by atoms with Crippen LogP contribution in [0.4, 0.5) is 10.5 Å². The van der Waals surface area contributed by atoms with Crippen LogP contribution in [-0.2, 0) is 0 Å². The maximum absolute atomic E-state index is 12.7. The number of methoxy groups -OCH3 is 2. The third-order valence-electron chi connectivity index (χ3n) is 5.74. The first-order chi connectivity index (χ1) is 15.7. The highest BCUT2D eigenvalue weighted by atomic mass is 16.5. The quantitative estimate of drug-likeness (QED) is 0.467. The molecule has 0 aliphatic rings. The van der Waals surface area contributed by atoms with Gasteiger partial charge in [-0.05, 0) is 36.6 Å². The Labute approximate surface area is 194 Å². The summed E-state index contributed by atoms with van der Waals surface area (Å²) >= 11 is 0. The fourth-order valence-corrected chi connectivity index (χ4v) is 3.52. The number of amides is 2. The van der Waals surface area contributed by atoms with Gasteiger partial charge in [0.1, 0.15) is 6.33 Å². The Morgan fingerprint density at radius 1 is 1.06 bits per heavy atom. The summed E-state index contributed by atoms with van der Waals surface area (Å²) in [6, 6.07) is 10.9. The van der Waals surface area contributed by atoms with Gasteiger partial charge >= 0.3 is 6.03 Å². The van der Waals surface area contributed by atoms with Crippen LogP contribution in [0.2, 0.25) is 0 Å². The Bertz CT molecular complexity index is 1140. The predicted molar refractivity (Wildman–Crippen MR) is 131 cm³/mol. The van der Waals surface area contributed by atoms with E-state index in [4.69, 9.17) is 14.9 Å². The van der Waals surface area contributed by atoms with Crippen LogP contribution in [0.3, 0.4) is 0 Å². The number of nitrogens with zero attached hydrogens (tertiary/aromatic N) is 3. The molecule has 3 aromatic rings. The summed E-state index contributed by atoms with van der Waals surface area (Å²) in [6.45, 7) is 6.17. The SMILES string of the molecule is COc1cc2ncnc(C(=N)CC(C)N(C)C(=O)Nc3ccc(C(C)C)cc3)c2cc1OC. The predicted octanol–water partition coefficient (Wildman–Crippen LogP) is 5.08. The van der Waals surface area contributed by atoms with Gasteiger partial charge in [0.15, 0.2) is 11.5 Å². The monoisotopic (exact) mass is 449 g/mol. The van der Waals surface area contributed by atoms with Gasteiger partial charge in [-0.25, -0.2) is 14.8 Å².